The molecule has 1 aliphatic carbocycles. The summed E-state index contributed by atoms with van der Waals surface area (Å²) in [6.45, 7) is 4.13. The summed E-state index contributed by atoms with van der Waals surface area (Å²) < 4.78 is 27.2. The van der Waals surface area contributed by atoms with Gasteiger partial charge in [0.1, 0.15) is 0 Å². The van der Waals surface area contributed by atoms with E-state index in [-0.39, 0.29) is 6.04 Å². The third kappa shape index (κ3) is 6.02. The van der Waals surface area contributed by atoms with Crippen molar-refractivity contribution >= 4 is 26.0 Å². The molecule has 1 rings (SSSR count). The summed E-state index contributed by atoms with van der Waals surface area (Å²) in [4.78, 5) is 0. The molecule has 1 aliphatic rings. The first-order chi connectivity index (χ1) is 8.44. The van der Waals surface area contributed by atoms with Crippen LogP contribution < -0.4 is 4.72 Å². The summed E-state index contributed by atoms with van der Waals surface area (Å²) in [5, 5.41) is 0.835. The highest BCUT2D eigenvalue weighted by Crippen LogP contribution is 2.25. The second-order valence-corrected chi connectivity index (χ2v) is 8.32. The molecule has 3 nitrogen and oxygen atoms in total. The first-order valence-electron chi connectivity index (χ1n) is 7.00. The van der Waals surface area contributed by atoms with Gasteiger partial charge in [0.15, 0.2) is 0 Å². The van der Waals surface area contributed by atoms with Crippen molar-refractivity contribution in [1.82, 2.24) is 4.72 Å². The van der Waals surface area contributed by atoms with Gasteiger partial charge in [0.25, 0.3) is 0 Å². The molecule has 0 aromatic carbocycles. The molecule has 18 heavy (non-hydrogen) atoms. The summed E-state index contributed by atoms with van der Waals surface area (Å²) in [6, 6.07) is 0.0537. The van der Waals surface area contributed by atoms with Crippen LogP contribution in [0.3, 0.4) is 0 Å². The van der Waals surface area contributed by atoms with Crippen LogP contribution in [0, 0.1) is 11.8 Å². The molecule has 0 heterocycles. The SMILES string of the molecule is CC(C)C(CCBr)NS(=O)(=O)CC1CCCCC1. The van der Waals surface area contributed by atoms with Crippen LogP contribution in [-0.4, -0.2) is 25.5 Å². The van der Waals surface area contributed by atoms with Crippen molar-refractivity contribution in [2.45, 2.75) is 58.4 Å². The lowest BCUT2D eigenvalue weighted by Gasteiger charge is -2.25. The summed E-state index contributed by atoms with van der Waals surface area (Å²) in [6.07, 6.45) is 6.64. The molecule has 0 amide bonds. The largest absolute Gasteiger partial charge is 0.212 e. The van der Waals surface area contributed by atoms with Crippen LogP contribution in [0.1, 0.15) is 52.4 Å². The molecule has 0 saturated heterocycles. The summed E-state index contributed by atoms with van der Waals surface area (Å²) >= 11 is 3.39. The minimum absolute atomic E-state index is 0.0537. The molecule has 108 valence electrons. The monoisotopic (exact) mass is 339 g/mol. The van der Waals surface area contributed by atoms with E-state index in [1.54, 1.807) is 0 Å². The lowest BCUT2D eigenvalue weighted by atomic mass is 9.91. The Kier molecular flexibility index (Phi) is 7.17. The Labute approximate surface area is 120 Å². The quantitative estimate of drug-likeness (QED) is 0.723. The Hall–Kier alpha value is 0.390. The number of halogens is 1. The predicted octanol–water partition coefficient (Wildman–Crippen LogP) is 3.30. The Morgan fingerprint density at radius 1 is 1.22 bits per heavy atom. The highest BCUT2D eigenvalue weighted by atomic mass is 79.9. The van der Waals surface area contributed by atoms with Gasteiger partial charge in [0, 0.05) is 11.4 Å². The topological polar surface area (TPSA) is 46.2 Å². The molecule has 1 atom stereocenters. The van der Waals surface area contributed by atoms with Gasteiger partial charge in [-0.3, -0.25) is 0 Å². The molecule has 5 heteroatoms. The molecule has 1 unspecified atom stereocenters. The molecule has 0 bridgehead atoms. The molecule has 1 saturated carbocycles. The summed E-state index contributed by atoms with van der Waals surface area (Å²) in [5.41, 5.74) is 0. The normalized spacial score (nSPS) is 20.2. The maximum atomic E-state index is 12.2. The predicted molar refractivity (Wildman–Crippen MR) is 80.5 cm³/mol. The first kappa shape index (κ1) is 16.4. The van der Waals surface area contributed by atoms with Crippen LogP contribution in [0.5, 0.6) is 0 Å². The van der Waals surface area contributed by atoms with Crippen LogP contribution in [-0.2, 0) is 10.0 Å². The number of alkyl halides is 1. The summed E-state index contributed by atoms with van der Waals surface area (Å²) in [7, 11) is -3.12. The van der Waals surface area contributed by atoms with Gasteiger partial charge in [0.2, 0.25) is 10.0 Å². The van der Waals surface area contributed by atoms with Gasteiger partial charge >= 0.3 is 0 Å². The zero-order valence-corrected chi connectivity index (χ0v) is 13.9. The van der Waals surface area contributed by atoms with Crippen molar-refractivity contribution in [3.63, 3.8) is 0 Å². The van der Waals surface area contributed by atoms with Crippen molar-refractivity contribution in [3.8, 4) is 0 Å². The van der Waals surface area contributed by atoms with Crippen LogP contribution in [0.2, 0.25) is 0 Å². The standard InChI is InChI=1S/C13H26BrNO2S/c1-11(2)13(8-9-14)15-18(16,17)10-12-6-4-3-5-7-12/h11-13,15H,3-10H2,1-2H3. The molecular weight excluding hydrogens is 314 g/mol. The average Bonchev–Trinajstić information content (AvgIpc) is 2.28. The second kappa shape index (κ2) is 7.85. The Morgan fingerprint density at radius 2 is 1.83 bits per heavy atom. The minimum atomic E-state index is -3.12. The van der Waals surface area contributed by atoms with Crippen molar-refractivity contribution in [3.05, 3.63) is 0 Å². The zero-order valence-electron chi connectivity index (χ0n) is 11.5. The minimum Gasteiger partial charge on any atom is -0.212 e. The van der Waals surface area contributed by atoms with E-state index in [1.807, 2.05) is 0 Å². The fourth-order valence-electron chi connectivity index (χ4n) is 2.59. The van der Waals surface area contributed by atoms with Crippen LogP contribution in [0.25, 0.3) is 0 Å². The first-order valence-corrected chi connectivity index (χ1v) is 9.78. The van der Waals surface area contributed by atoms with Crippen LogP contribution >= 0.6 is 15.9 Å². The Morgan fingerprint density at radius 3 is 2.33 bits per heavy atom. The lowest BCUT2D eigenvalue weighted by molar-refractivity contribution is 0.379. The average molecular weight is 340 g/mol. The summed E-state index contributed by atoms with van der Waals surface area (Å²) in [5.74, 6) is 1.02. The number of hydrogen-bond donors (Lipinski definition) is 1. The van der Waals surface area contributed by atoms with E-state index in [4.69, 9.17) is 0 Å². The number of rotatable bonds is 7. The maximum Gasteiger partial charge on any atom is 0.212 e. The van der Waals surface area contributed by atoms with Gasteiger partial charge in [-0.1, -0.05) is 49.0 Å². The van der Waals surface area contributed by atoms with Crippen molar-refractivity contribution in [2.75, 3.05) is 11.1 Å². The third-order valence-corrected chi connectivity index (χ3v) is 5.77. The highest BCUT2D eigenvalue weighted by molar-refractivity contribution is 9.09. The van der Waals surface area contributed by atoms with E-state index in [2.05, 4.69) is 34.5 Å². The van der Waals surface area contributed by atoms with Crippen LogP contribution in [0.15, 0.2) is 0 Å². The van der Waals surface area contributed by atoms with Gasteiger partial charge in [-0.15, -0.1) is 0 Å². The molecule has 1 N–H and O–H groups in total. The van der Waals surface area contributed by atoms with Crippen molar-refractivity contribution in [2.24, 2.45) is 11.8 Å². The molecule has 0 aromatic heterocycles. The van der Waals surface area contributed by atoms with Crippen molar-refractivity contribution < 1.29 is 8.42 Å². The van der Waals surface area contributed by atoms with Crippen molar-refractivity contribution in [1.29, 1.82) is 0 Å². The van der Waals surface area contributed by atoms with Gasteiger partial charge in [-0.2, -0.15) is 0 Å². The third-order valence-electron chi connectivity index (χ3n) is 3.74. The van der Waals surface area contributed by atoms with Crippen LogP contribution in [0.4, 0.5) is 0 Å². The highest BCUT2D eigenvalue weighted by Gasteiger charge is 2.24. The van der Waals surface area contributed by atoms with E-state index in [9.17, 15) is 8.42 Å². The van der Waals surface area contributed by atoms with Gasteiger partial charge < -0.3 is 0 Å². The Balaban J connectivity index is 2.51. The number of hydrogen-bond acceptors (Lipinski definition) is 2. The number of nitrogens with one attached hydrogen (secondary N) is 1. The van der Waals surface area contributed by atoms with Gasteiger partial charge in [-0.25, -0.2) is 13.1 Å². The fraction of sp³-hybridized carbons (Fsp3) is 1.00. The van der Waals surface area contributed by atoms with E-state index in [1.165, 1.54) is 19.3 Å². The zero-order chi connectivity index (χ0) is 13.6. The van der Waals surface area contributed by atoms with Gasteiger partial charge in [0.05, 0.1) is 5.75 Å². The number of sulfonamides is 1. The van der Waals surface area contributed by atoms with E-state index >= 15 is 0 Å². The molecule has 0 aliphatic heterocycles. The lowest BCUT2D eigenvalue weighted by Crippen LogP contribution is -2.41. The Bertz CT molecular complexity index is 324. The molecule has 0 radical (unpaired) electrons. The van der Waals surface area contributed by atoms with E-state index in [0.29, 0.717) is 17.6 Å². The molecule has 0 aromatic rings. The second-order valence-electron chi connectivity index (χ2n) is 5.73. The fourth-order valence-corrected chi connectivity index (χ4v) is 4.98. The van der Waals surface area contributed by atoms with E-state index in [0.717, 1.165) is 24.6 Å². The van der Waals surface area contributed by atoms with E-state index < -0.39 is 10.0 Å². The maximum absolute atomic E-state index is 12.2. The molecule has 0 spiro atoms. The van der Waals surface area contributed by atoms with Gasteiger partial charge in [-0.05, 0) is 31.1 Å². The molecule has 1 fully saturated rings. The smallest absolute Gasteiger partial charge is 0.212 e. The molecular formula is C13H26BrNO2S.